The van der Waals surface area contributed by atoms with Crippen LogP contribution in [0.4, 0.5) is 5.82 Å². The molecule has 1 aromatic heterocycles. The number of hydrogen-bond acceptors (Lipinski definition) is 5. The summed E-state index contributed by atoms with van der Waals surface area (Å²) in [6.45, 7) is 6.70. The van der Waals surface area contributed by atoms with Crippen molar-refractivity contribution < 1.29 is 9.53 Å². The molecule has 3 rings (SSSR count). The summed E-state index contributed by atoms with van der Waals surface area (Å²) in [7, 11) is 0. The van der Waals surface area contributed by atoms with Crippen LogP contribution in [0, 0.1) is 0 Å². The first-order valence-electron chi connectivity index (χ1n) is 8.15. The Labute approximate surface area is 143 Å². The van der Waals surface area contributed by atoms with Gasteiger partial charge in [-0.25, -0.2) is 0 Å². The van der Waals surface area contributed by atoms with Crippen LogP contribution in [0.25, 0.3) is 0 Å². The fourth-order valence-electron chi connectivity index (χ4n) is 3.08. The Kier molecular flexibility index (Phi) is 6.47. The van der Waals surface area contributed by atoms with E-state index in [-0.39, 0.29) is 24.4 Å². The van der Waals surface area contributed by atoms with E-state index in [1.54, 1.807) is 0 Å². The normalized spacial score (nSPS) is 21.0. The van der Waals surface area contributed by atoms with E-state index in [1.165, 1.54) is 0 Å². The maximum Gasteiger partial charge on any atom is 0.239 e. The highest BCUT2D eigenvalue weighted by molar-refractivity contribution is 5.85. The molecule has 1 aromatic rings. The number of rotatable bonds is 4. The van der Waals surface area contributed by atoms with E-state index in [9.17, 15) is 4.79 Å². The summed E-state index contributed by atoms with van der Waals surface area (Å²) in [6.07, 6.45) is 2.07. The molecule has 23 heavy (non-hydrogen) atoms. The number of halogens is 1. The number of anilines is 1. The predicted molar refractivity (Wildman–Crippen MR) is 92.5 cm³/mol. The summed E-state index contributed by atoms with van der Waals surface area (Å²) >= 11 is 0. The Morgan fingerprint density at radius 2 is 2.13 bits per heavy atom. The molecule has 0 spiro atoms. The Bertz CT molecular complexity index is 515. The largest absolute Gasteiger partial charge is 0.478 e. The van der Waals surface area contributed by atoms with Gasteiger partial charge in [-0.2, -0.15) is 4.98 Å². The molecule has 2 aliphatic rings. The van der Waals surface area contributed by atoms with E-state index >= 15 is 0 Å². The van der Waals surface area contributed by atoms with Crippen molar-refractivity contribution in [3.8, 4) is 5.88 Å². The summed E-state index contributed by atoms with van der Waals surface area (Å²) in [5.74, 6) is 1.85. The molecule has 2 fully saturated rings. The van der Waals surface area contributed by atoms with Crippen LogP contribution in [-0.2, 0) is 4.79 Å². The van der Waals surface area contributed by atoms with Gasteiger partial charge in [0.1, 0.15) is 5.82 Å². The van der Waals surface area contributed by atoms with Crippen molar-refractivity contribution in [3.05, 3.63) is 18.2 Å². The fraction of sp³-hybridized carbons (Fsp3) is 0.625. The second-order valence-electron chi connectivity index (χ2n) is 5.73. The van der Waals surface area contributed by atoms with Crippen molar-refractivity contribution in [1.82, 2.24) is 15.2 Å². The number of piperazine rings is 1. The molecular weight excluding hydrogens is 316 g/mol. The minimum atomic E-state index is 0. The average molecular weight is 341 g/mol. The van der Waals surface area contributed by atoms with Crippen molar-refractivity contribution in [2.75, 3.05) is 44.2 Å². The molecule has 128 valence electrons. The lowest BCUT2D eigenvalue weighted by Gasteiger charge is -2.36. The topological polar surface area (TPSA) is 57.7 Å². The summed E-state index contributed by atoms with van der Waals surface area (Å²) in [4.78, 5) is 21.1. The highest BCUT2D eigenvalue weighted by atomic mass is 35.5. The summed E-state index contributed by atoms with van der Waals surface area (Å²) in [5, 5.41) is 3.28. The summed E-state index contributed by atoms with van der Waals surface area (Å²) in [5.41, 5.74) is 0. The number of carbonyl (C=O) groups is 1. The Balaban J connectivity index is 0.00000192. The molecule has 2 aliphatic heterocycles. The SMILES string of the molecule is CCOc1cccc(N2CCN(C(=O)C3CCCN3)CC2)n1.Cl. The number of aromatic nitrogens is 1. The van der Waals surface area contributed by atoms with Crippen LogP contribution in [0.1, 0.15) is 19.8 Å². The van der Waals surface area contributed by atoms with Crippen LogP contribution < -0.4 is 15.0 Å². The number of ether oxygens (including phenoxy) is 1. The zero-order chi connectivity index (χ0) is 15.4. The highest BCUT2D eigenvalue weighted by Gasteiger charge is 2.29. The van der Waals surface area contributed by atoms with Crippen molar-refractivity contribution in [2.24, 2.45) is 0 Å². The van der Waals surface area contributed by atoms with Gasteiger partial charge in [0.2, 0.25) is 11.8 Å². The molecule has 2 saturated heterocycles. The monoisotopic (exact) mass is 340 g/mol. The smallest absolute Gasteiger partial charge is 0.239 e. The van der Waals surface area contributed by atoms with Gasteiger partial charge < -0.3 is 19.9 Å². The molecule has 1 N–H and O–H groups in total. The van der Waals surface area contributed by atoms with E-state index < -0.39 is 0 Å². The molecule has 0 bridgehead atoms. The second-order valence-corrected chi connectivity index (χ2v) is 5.73. The van der Waals surface area contributed by atoms with Crippen molar-refractivity contribution in [3.63, 3.8) is 0 Å². The predicted octanol–water partition coefficient (Wildman–Crippen LogP) is 1.30. The number of hydrogen-bond donors (Lipinski definition) is 1. The van der Waals surface area contributed by atoms with E-state index in [1.807, 2.05) is 30.0 Å². The van der Waals surface area contributed by atoms with Crippen molar-refractivity contribution in [1.29, 1.82) is 0 Å². The molecular formula is C16H25ClN4O2. The Hall–Kier alpha value is -1.53. The third-order valence-electron chi connectivity index (χ3n) is 4.27. The third kappa shape index (κ3) is 4.26. The van der Waals surface area contributed by atoms with Crippen LogP contribution in [0.5, 0.6) is 5.88 Å². The molecule has 3 heterocycles. The number of carbonyl (C=O) groups excluding carboxylic acids is 1. The summed E-state index contributed by atoms with van der Waals surface area (Å²) in [6, 6.07) is 5.87. The molecule has 7 heteroatoms. The quantitative estimate of drug-likeness (QED) is 0.895. The van der Waals surface area contributed by atoms with Crippen LogP contribution in [-0.4, -0.2) is 61.2 Å². The van der Waals surface area contributed by atoms with Crippen LogP contribution in [0.3, 0.4) is 0 Å². The van der Waals surface area contributed by atoms with Gasteiger partial charge in [0.25, 0.3) is 0 Å². The van der Waals surface area contributed by atoms with E-state index in [0.717, 1.165) is 51.4 Å². The maximum absolute atomic E-state index is 12.4. The van der Waals surface area contributed by atoms with Crippen LogP contribution in [0.15, 0.2) is 18.2 Å². The first-order chi connectivity index (χ1) is 10.8. The zero-order valence-corrected chi connectivity index (χ0v) is 14.3. The van der Waals surface area contributed by atoms with Gasteiger partial charge in [0.05, 0.1) is 12.6 Å². The van der Waals surface area contributed by atoms with E-state index in [2.05, 4.69) is 15.2 Å². The second kappa shape index (κ2) is 8.36. The van der Waals surface area contributed by atoms with Crippen molar-refractivity contribution >= 4 is 24.1 Å². The van der Waals surface area contributed by atoms with E-state index in [4.69, 9.17) is 4.74 Å². The number of amides is 1. The number of nitrogens with one attached hydrogen (secondary N) is 1. The van der Waals surface area contributed by atoms with Gasteiger partial charge >= 0.3 is 0 Å². The van der Waals surface area contributed by atoms with Gasteiger partial charge in [-0.1, -0.05) is 6.07 Å². The first-order valence-corrected chi connectivity index (χ1v) is 8.15. The molecule has 0 saturated carbocycles. The van der Waals surface area contributed by atoms with Gasteiger partial charge in [-0.15, -0.1) is 12.4 Å². The molecule has 0 radical (unpaired) electrons. The minimum absolute atomic E-state index is 0. The van der Waals surface area contributed by atoms with Gasteiger partial charge in [-0.3, -0.25) is 4.79 Å². The van der Waals surface area contributed by atoms with Gasteiger partial charge in [0.15, 0.2) is 0 Å². The molecule has 1 unspecified atom stereocenters. The Morgan fingerprint density at radius 3 is 2.78 bits per heavy atom. The highest BCUT2D eigenvalue weighted by Crippen LogP contribution is 2.18. The fourth-order valence-corrected chi connectivity index (χ4v) is 3.08. The summed E-state index contributed by atoms with van der Waals surface area (Å²) < 4.78 is 5.45. The lowest BCUT2D eigenvalue weighted by molar-refractivity contribution is -0.133. The van der Waals surface area contributed by atoms with E-state index in [0.29, 0.717) is 12.5 Å². The average Bonchev–Trinajstić information content (AvgIpc) is 3.09. The standard InChI is InChI=1S/C16H24N4O2.ClH/c1-2-22-15-7-3-6-14(18-15)19-9-11-20(12-10-19)16(21)13-5-4-8-17-13;/h3,6-7,13,17H,2,4-5,8-12H2,1H3;1H. The third-order valence-corrected chi connectivity index (χ3v) is 4.27. The first kappa shape index (κ1) is 17.8. The molecule has 1 atom stereocenters. The van der Waals surface area contributed by atoms with Gasteiger partial charge in [-0.05, 0) is 32.4 Å². The molecule has 0 aliphatic carbocycles. The minimum Gasteiger partial charge on any atom is -0.478 e. The number of pyridine rings is 1. The zero-order valence-electron chi connectivity index (χ0n) is 13.5. The van der Waals surface area contributed by atoms with Gasteiger partial charge in [0, 0.05) is 32.2 Å². The Morgan fingerprint density at radius 1 is 1.35 bits per heavy atom. The molecule has 6 nitrogen and oxygen atoms in total. The molecule has 0 aromatic carbocycles. The lowest BCUT2D eigenvalue weighted by atomic mass is 10.2. The van der Waals surface area contributed by atoms with Crippen LogP contribution >= 0.6 is 12.4 Å². The maximum atomic E-state index is 12.4. The van der Waals surface area contributed by atoms with Crippen LogP contribution in [0.2, 0.25) is 0 Å². The molecule has 1 amide bonds. The number of nitrogens with zero attached hydrogens (tertiary/aromatic N) is 3. The van der Waals surface area contributed by atoms with Crippen molar-refractivity contribution in [2.45, 2.75) is 25.8 Å². The lowest BCUT2D eigenvalue weighted by Crippen LogP contribution is -2.53.